The molecule has 0 spiro atoms. The van der Waals surface area contributed by atoms with Crippen molar-refractivity contribution in [3.63, 3.8) is 0 Å². The topological polar surface area (TPSA) is 104 Å². The number of rotatable bonds is 5. The Morgan fingerprint density at radius 3 is 2.48 bits per heavy atom. The van der Waals surface area contributed by atoms with E-state index in [2.05, 4.69) is 4.72 Å². The zero-order chi connectivity index (χ0) is 18.4. The summed E-state index contributed by atoms with van der Waals surface area (Å²) < 4.78 is 25.3. The monoisotopic (exact) mass is 366 g/mol. The van der Waals surface area contributed by atoms with E-state index in [4.69, 9.17) is 0 Å². The van der Waals surface area contributed by atoms with Gasteiger partial charge >= 0.3 is 5.97 Å². The van der Waals surface area contributed by atoms with Crippen LogP contribution < -0.4 is 4.72 Å². The summed E-state index contributed by atoms with van der Waals surface area (Å²) in [4.78, 5) is 25.9. The van der Waals surface area contributed by atoms with E-state index in [-0.39, 0.29) is 18.4 Å². The molecule has 0 unspecified atom stereocenters. The van der Waals surface area contributed by atoms with Crippen LogP contribution >= 0.6 is 0 Å². The van der Waals surface area contributed by atoms with Crippen molar-refractivity contribution in [2.75, 3.05) is 24.1 Å². The van der Waals surface area contributed by atoms with Crippen molar-refractivity contribution in [2.24, 2.45) is 17.8 Å². The number of aryl methyl sites for hydroxylation is 1. The molecule has 1 aromatic carbocycles. The number of likely N-dealkylation sites (tertiary alicyclic amines) is 1. The van der Waals surface area contributed by atoms with Gasteiger partial charge in [0, 0.05) is 18.7 Å². The van der Waals surface area contributed by atoms with Crippen LogP contribution in [-0.2, 0) is 14.8 Å². The molecule has 25 heavy (non-hydrogen) atoms. The molecule has 7 nitrogen and oxygen atoms in total. The van der Waals surface area contributed by atoms with Crippen LogP contribution in [0.2, 0.25) is 0 Å². The standard InChI is InChI=1S/C17H22N2O5S/c1-10-3-4-12(7-15(10)18-25(2,23)24)16(20)19-8-13(11-5-6-11)14(9-19)17(21)22/h3-4,7,11,13-14,18H,5-6,8-9H2,1-2H3,(H,21,22)/t13-,14+/m1/s1. The molecular weight excluding hydrogens is 344 g/mol. The third-order valence-electron chi connectivity index (χ3n) is 4.98. The normalized spacial score (nSPS) is 23.5. The number of nitrogens with one attached hydrogen (secondary N) is 1. The molecule has 2 atom stereocenters. The first-order valence-corrected chi connectivity index (χ1v) is 10.2. The summed E-state index contributed by atoms with van der Waals surface area (Å²) in [5, 5.41) is 9.42. The molecule has 1 amide bonds. The second-order valence-corrected chi connectivity index (χ2v) is 8.81. The first-order chi connectivity index (χ1) is 11.7. The lowest BCUT2D eigenvalue weighted by Crippen LogP contribution is -2.30. The molecule has 0 radical (unpaired) electrons. The number of nitrogens with zero attached hydrogens (tertiary/aromatic N) is 1. The Morgan fingerprint density at radius 1 is 1.24 bits per heavy atom. The molecule has 136 valence electrons. The van der Waals surface area contributed by atoms with Crippen LogP contribution in [0.4, 0.5) is 5.69 Å². The van der Waals surface area contributed by atoms with Gasteiger partial charge in [-0.05, 0) is 49.3 Å². The Morgan fingerprint density at radius 2 is 1.92 bits per heavy atom. The quantitative estimate of drug-likeness (QED) is 0.823. The summed E-state index contributed by atoms with van der Waals surface area (Å²) in [5.74, 6) is -1.21. The number of aliphatic carboxylic acids is 1. The third-order valence-corrected chi connectivity index (χ3v) is 5.57. The van der Waals surface area contributed by atoms with Crippen molar-refractivity contribution in [2.45, 2.75) is 19.8 Å². The van der Waals surface area contributed by atoms with E-state index in [1.807, 2.05) is 0 Å². The highest BCUT2D eigenvalue weighted by atomic mass is 32.2. The fourth-order valence-electron chi connectivity index (χ4n) is 3.51. The number of carboxylic acid groups (broad SMARTS) is 1. The maximum atomic E-state index is 12.8. The summed E-state index contributed by atoms with van der Waals surface area (Å²) >= 11 is 0. The van der Waals surface area contributed by atoms with E-state index in [0.717, 1.165) is 19.1 Å². The summed E-state index contributed by atoms with van der Waals surface area (Å²) in [6.45, 7) is 2.41. The van der Waals surface area contributed by atoms with Crippen molar-refractivity contribution in [3.05, 3.63) is 29.3 Å². The molecular formula is C17H22N2O5S. The van der Waals surface area contributed by atoms with Crippen LogP contribution in [0.5, 0.6) is 0 Å². The fourth-order valence-corrected chi connectivity index (χ4v) is 4.12. The Balaban J connectivity index is 1.81. The number of carbonyl (C=O) groups excluding carboxylic acids is 1. The van der Waals surface area contributed by atoms with Gasteiger partial charge in [0.25, 0.3) is 5.91 Å². The summed E-state index contributed by atoms with van der Waals surface area (Å²) in [5.41, 5.74) is 1.43. The molecule has 1 aliphatic heterocycles. The summed E-state index contributed by atoms with van der Waals surface area (Å²) in [6, 6.07) is 4.84. The number of sulfonamides is 1. The minimum Gasteiger partial charge on any atom is -0.481 e. The molecule has 8 heteroatoms. The minimum absolute atomic E-state index is 0.0144. The van der Waals surface area contributed by atoms with Gasteiger partial charge in [-0.3, -0.25) is 14.3 Å². The van der Waals surface area contributed by atoms with E-state index in [9.17, 15) is 23.1 Å². The van der Waals surface area contributed by atoms with E-state index in [0.29, 0.717) is 29.3 Å². The predicted octanol–water partition coefficient (Wildman–Crippen LogP) is 1.55. The second-order valence-electron chi connectivity index (χ2n) is 7.06. The van der Waals surface area contributed by atoms with Gasteiger partial charge in [-0.25, -0.2) is 8.42 Å². The van der Waals surface area contributed by atoms with Crippen LogP contribution in [0.3, 0.4) is 0 Å². The fraction of sp³-hybridized carbons (Fsp3) is 0.529. The number of carbonyl (C=O) groups is 2. The summed E-state index contributed by atoms with van der Waals surface area (Å²) in [7, 11) is -3.45. The van der Waals surface area contributed by atoms with Gasteiger partial charge in [-0.1, -0.05) is 6.07 Å². The van der Waals surface area contributed by atoms with Gasteiger partial charge in [0.2, 0.25) is 10.0 Å². The van der Waals surface area contributed by atoms with Gasteiger partial charge in [-0.2, -0.15) is 0 Å². The van der Waals surface area contributed by atoms with Crippen LogP contribution in [0.15, 0.2) is 18.2 Å². The number of amides is 1. The van der Waals surface area contributed by atoms with Gasteiger partial charge in [0.05, 0.1) is 17.9 Å². The van der Waals surface area contributed by atoms with Crippen molar-refractivity contribution >= 4 is 27.6 Å². The maximum Gasteiger partial charge on any atom is 0.308 e. The first kappa shape index (κ1) is 17.7. The molecule has 1 saturated carbocycles. The number of carboxylic acids is 1. The van der Waals surface area contributed by atoms with E-state index < -0.39 is 21.9 Å². The zero-order valence-electron chi connectivity index (χ0n) is 14.2. The van der Waals surface area contributed by atoms with Crippen molar-refractivity contribution < 1.29 is 23.1 Å². The Hall–Kier alpha value is -2.09. The predicted molar refractivity (Wildman–Crippen MR) is 92.9 cm³/mol. The van der Waals surface area contributed by atoms with Crippen molar-refractivity contribution in [1.82, 2.24) is 4.90 Å². The minimum atomic E-state index is -3.45. The molecule has 2 N–H and O–H groups in total. The first-order valence-electron chi connectivity index (χ1n) is 8.26. The average Bonchev–Trinajstić information content (AvgIpc) is 3.25. The van der Waals surface area contributed by atoms with Crippen LogP contribution in [-0.4, -0.2) is 49.6 Å². The largest absolute Gasteiger partial charge is 0.481 e. The zero-order valence-corrected chi connectivity index (χ0v) is 15.0. The molecule has 1 saturated heterocycles. The maximum absolute atomic E-state index is 12.8. The van der Waals surface area contributed by atoms with Crippen LogP contribution in [0.1, 0.15) is 28.8 Å². The third kappa shape index (κ3) is 3.95. The number of hydrogen-bond acceptors (Lipinski definition) is 4. The van der Waals surface area contributed by atoms with Gasteiger partial charge < -0.3 is 10.0 Å². The average molecular weight is 366 g/mol. The number of hydrogen-bond donors (Lipinski definition) is 2. The molecule has 2 fully saturated rings. The van der Waals surface area contributed by atoms with E-state index >= 15 is 0 Å². The molecule has 1 heterocycles. The Labute approximate surface area is 147 Å². The Bertz CT molecular complexity index is 816. The number of benzene rings is 1. The second kappa shape index (κ2) is 6.33. The van der Waals surface area contributed by atoms with Gasteiger partial charge in [0.15, 0.2) is 0 Å². The lowest BCUT2D eigenvalue weighted by atomic mass is 9.92. The lowest BCUT2D eigenvalue weighted by Gasteiger charge is -2.17. The van der Waals surface area contributed by atoms with E-state index in [1.54, 1.807) is 24.0 Å². The summed E-state index contributed by atoms with van der Waals surface area (Å²) in [6.07, 6.45) is 3.12. The SMILES string of the molecule is Cc1ccc(C(=O)N2C[C@H](C(=O)O)[C@@H](C3CC3)C2)cc1NS(C)(=O)=O. The number of anilines is 1. The van der Waals surface area contributed by atoms with Crippen LogP contribution in [0, 0.1) is 24.7 Å². The smallest absolute Gasteiger partial charge is 0.308 e. The molecule has 0 aromatic heterocycles. The van der Waals surface area contributed by atoms with E-state index in [1.165, 1.54) is 6.07 Å². The highest BCUT2D eigenvalue weighted by Crippen LogP contribution is 2.44. The molecule has 1 aliphatic carbocycles. The molecule has 1 aromatic rings. The Kier molecular flexibility index (Phi) is 4.49. The van der Waals surface area contributed by atoms with Crippen molar-refractivity contribution in [1.29, 1.82) is 0 Å². The van der Waals surface area contributed by atoms with Crippen LogP contribution in [0.25, 0.3) is 0 Å². The highest BCUT2D eigenvalue weighted by Gasteiger charge is 2.46. The van der Waals surface area contributed by atoms with Crippen molar-refractivity contribution in [3.8, 4) is 0 Å². The molecule has 3 rings (SSSR count). The van der Waals surface area contributed by atoms with Gasteiger partial charge in [0.1, 0.15) is 0 Å². The lowest BCUT2D eigenvalue weighted by molar-refractivity contribution is -0.142. The molecule has 2 aliphatic rings. The van der Waals surface area contributed by atoms with Gasteiger partial charge in [-0.15, -0.1) is 0 Å². The molecule has 0 bridgehead atoms. The highest BCUT2D eigenvalue weighted by molar-refractivity contribution is 7.92.